The van der Waals surface area contributed by atoms with Crippen LogP contribution in [0.3, 0.4) is 0 Å². The highest BCUT2D eigenvalue weighted by atomic mass is 32.1. The minimum Gasteiger partial charge on any atom is -0.451 e. The fourth-order valence-electron chi connectivity index (χ4n) is 2.40. The van der Waals surface area contributed by atoms with Crippen molar-refractivity contribution in [1.82, 2.24) is 24.9 Å². The van der Waals surface area contributed by atoms with Crippen LogP contribution in [0.1, 0.15) is 21.9 Å². The fourth-order valence-corrected chi connectivity index (χ4v) is 3.16. The van der Waals surface area contributed by atoms with Gasteiger partial charge in [-0.1, -0.05) is 17.3 Å². The number of halogens is 1. The van der Waals surface area contributed by atoms with Crippen molar-refractivity contribution in [3.63, 3.8) is 0 Å². The molecule has 0 saturated carbocycles. The molecule has 0 aliphatic heterocycles. The van der Waals surface area contributed by atoms with Crippen molar-refractivity contribution in [2.24, 2.45) is 7.05 Å². The monoisotopic (exact) mass is 399 g/mol. The number of hydrogen-bond donors (Lipinski definition) is 0. The molecule has 3 aromatic heterocycles. The molecule has 4 aromatic rings. The number of aromatic nitrogens is 5. The minimum atomic E-state index is -0.604. The van der Waals surface area contributed by atoms with E-state index in [0.29, 0.717) is 16.1 Å². The molecule has 0 saturated heterocycles. The van der Waals surface area contributed by atoms with Crippen molar-refractivity contribution in [3.05, 3.63) is 58.9 Å². The number of carbonyl (C=O) groups is 1. The van der Waals surface area contributed by atoms with Crippen LogP contribution in [0.4, 0.5) is 4.39 Å². The fraction of sp³-hybridized carbons (Fsp3) is 0.167. The Morgan fingerprint density at radius 3 is 2.93 bits per heavy atom. The summed E-state index contributed by atoms with van der Waals surface area (Å²) >= 11 is 1.32. The van der Waals surface area contributed by atoms with Crippen LogP contribution in [0.15, 0.2) is 40.5 Å². The molecule has 0 spiro atoms. The van der Waals surface area contributed by atoms with Crippen LogP contribution in [0.2, 0.25) is 0 Å². The average molecular weight is 399 g/mol. The molecule has 8 nitrogen and oxygen atoms in total. The third-order valence-electron chi connectivity index (χ3n) is 3.89. The van der Waals surface area contributed by atoms with Crippen LogP contribution >= 0.6 is 11.3 Å². The number of ether oxygens (including phenoxy) is 1. The second-order valence-corrected chi connectivity index (χ2v) is 6.85. The van der Waals surface area contributed by atoms with Crippen molar-refractivity contribution < 1.29 is 18.4 Å². The Morgan fingerprint density at radius 2 is 2.18 bits per heavy atom. The van der Waals surface area contributed by atoms with Gasteiger partial charge in [-0.3, -0.25) is 4.68 Å². The molecule has 1 aromatic carbocycles. The number of benzene rings is 1. The summed E-state index contributed by atoms with van der Waals surface area (Å²) in [6.07, 6.45) is 3.48. The first-order valence-corrected chi connectivity index (χ1v) is 9.08. The van der Waals surface area contributed by atoms with E-state index in [1.807, 2.05) is 6.20 Å². The highest BCUT2D eigenvalue weighted by Gasteiger charge is 2.16. The first-order valence-electron chi connectivity index (χ1n) is 8.20. The lowest BCUT2D eigenvalue weighted by molar-refractivity contribution is 0.0424. The zero-order chi connectivity index (χ0) is 19.7. The summed E-state index contributed by atoms with van der Waals surface area (Å²) in [5.74, 6) is -0.639. The first-order chi connectivity index (χ1) is 13.5. The van der Waals surface area contributed by atoms with Gasteiger partial charge in [0.05, 0.1) is 6.20 Å². The van der Waals surface area contributed by atoms with Gasteiger partial charge in [0.1, 0.15) is 10.8 Å². The van der Waals surface area contributed by atoms with E-state index in [1.54, 1.807) is 42.4 Å². The number of thiazole rings is 1. The van der Waals surface area contributed by atoms with Gasteiger partial charge in [-0.15, -0.1) is 11.3 Å². The molecular weight excluding hydrogens is 385 g/mol. The average Bonchev–Trinajstić information content (AvgIpc) is 3.42. The highest BCUT2D eigenvalue weighted by Crippen LogP contribution is 2.23. The maximum atomic E-state index is 13.7. The third-order valence-corrected chi connectivity index (χ3v) is 4.78. The van der Waals surface area contributed by atoms with E-state index in [2.05, 4.69) is 20.2 Å². The Morgan fingerprint density at radius 1 is 1.32 bits per heavy atom. The zero-order valence-electron chi connectivity index (χ0n) is 14.9. The molecule has 0 aliphatic rings. The number of rotatable bonds is 5. The lowest BCUT2D eigenvalue weighted by Crippen LogP contribution is -2.05. The molecule has 0 bridgehead atoms. The van der Waals surface area contributed by atoms with Crippen LogP contribution in [0.5, 0.6) is 0 Å². The summed E-state index contributed by atoms with van der Waals surface area (Å²) in [6.45, 7) is 1.46. The molecule has 0 radical (unpaired) electrons. The Bertz CT molecular complexity index is 1150. The molecule has 10 heteroatoms. The second-order valence-electron chi connectivity index (χ2n) is 5.99. The Labute approximate surface area is 162 Å². The summed E-state index contributed by atoms with van der Waals surface area (Å²) in [5.41, 5.74) is 2.00. The second kappa shape index (κ2) is 7.31. The molecule has 0 amide bonds. The molecular formula is C18H14FN5O3S. The van der Waals surface area contributed by atoms with E-state index in [9.17, 15) is 9.18 Å². The summed E-state index contributed by atoms with van der Waals surface area (Å²) in [5, 5.41) is 10.1. The number of esters is 1. The van der Waals surface area contributed by atoms with E-state index in [0.717, 1.165) is 5.56 Å². The summed E-state index contributed by atoms with van der Waals surface area (Å²) < 4.78 is 25.6. The van der Waals surface area contributed by atoms with Gasteiger partial charge in [0.15, 0.2) is 12.3 Å². The molecule has 0 atom stereocenters. The van der Waals surface area contributed by atoms with Crippen LogP contribution in [0.25, 0.3) is 22.0 Å². The molecule has 0 N–H and O–H groups in total. The van der Waals surface area contributed by atoms with Crippen LogP contribution in [-0.4, -0.2) is 30.9 Å². The van der Waals surface area contributed by atoms with Gasteiger partial charge in [0.25, 0.3) is 5.89 Å². The molecule has 4 rings (SSSR count). The maximum absolute atomic E-state index is 13.7. The molecule has 0 fully saturated rings. The van der Waals surface area contributed by atoms with Gasteiger partial charge < -0.3 is 9.26 Å². The van der Waals surface area contributed by atoms with E-state index in [4.69, 9.17) is 9.26 Å². The van der Waals surface area contributed by atoms with Crippen molar-refractivity contribution in [1.29, 1.82) is 0 Å². The number of nitrogens with zero attached hydrogens (tertiary/aromatic N) is 5. The van der Waals surface area contributed by atoms with Crippen molar-refractivity contribution in [3.8, 4) is 22.0 Å². The zero-order valence-corrected chi connectivity index (χ0v) is 15.7. The molecule has 28 heavy (non-hydrogen) atoms. The smallest absolute Gasteiger partial charge is 0.358 e. The largest absolute Gasteiger partial charge is 0.451 e. The van der Waals surface area contributed by atoms with E-state index >= 15 is 0 Å². The SMILES string of the molecule is Cc1ccc(-c2noc(COC(=O)c3csc(-c4cnn(C)c4)n3)n2)cc1F. The lowest BCUT2D eigenvalue weighted by atomic mass is 10.1. The van der Waals surface area contributed by atoms with Gasteiger partial charge in [0, 0.05) is 29.8 Å². The third kappa shape index (κ3) is 3.67. The van der Waals surface area contributed by atoms with Gasteiger partial charge >= 0.3 is 5.97 Å². The Hall–Kier alpha value is -3.40. The summed E-state index contributed by atoms with van der Waals surface area (Å²) in [4.78, 5) is 20.6. The van der Waals surface area contributed by atoms with Gasteiger partial charge in [-0.2, -0.15) is 10.1 Å². The van der Waals surface area contributed by atoms with E-state index in [-0.39, 0.29) is 29.8 Å². The number of carbonyl (C=O) groups excluding carboxylic acids is 1. The summed E-state index contributed by atoms with van der Waals surface area (Å²) in [7, 11) is 1.80. The predicted molar refractivity (Wildman–Crippen MR) is 97.9 cm³/mol. The van der Waals surface area contributed by atoms with E-state index in [1.165, 1.54) is 17.4 Å². The molecule has 142 valence electrons. The minimum absolute atomic E-state index is 0.104. The van der Waals surface area contributed by atoms with Gasteiger partial charge in [-0.05, 0) is 18.6 Å². The van der Waals surface area contributed by atoms with Gasteiger partial charge in [-0.25, -0.2) is 14.2 Å². The Kier molecular flexibility index (Phi) is 4.70. The van der Waals surface area contributed by atoms with Crippen LogP contribution in [0, 0.1) is 12.7 Å². The first kappa shape index (κ1) is 18.0. The summed E-state index contributed by atoms with van der Waals surface area (Å²) in [6, 6.07) is 4.64. The lowest BCUT2D eigenvalue weighted by Gasteiger charge is -1.98. The van der Waals surface area contributed by atoms with Crippen LogP contribution in [-0.2, 0) is 18.4 Å². The topological polar surface area (TPSA) is 95.9 Å². The molecule has 3 heterocycles. The molecule has 0 unspecified atom stereocenters. The van der Waals surface area contributed by atoms with Crippen molar-refractivity contribution in [2.75, 3.05) is 0 Å². The predicted octanol–water partition coefficient (Wildman–Crippen LogP) is 3.40. The maximum Gasteiger partial charge on any atom is 0.358 e. The standard InChI is InChI=1S/C18H14FN5O3S/c1-10-3-4-11(5-13(10)19)16-22-15(27-23-16)8-26-18(25)14-9-28-17(21-14)12-6-20-24(2)7-12/h3-7,9H,8H2,1-2H3. The highest BCUT2D eigenvalue weighted by molar-refractivity contribution is 7.13. The van der Waals surface area contributed by atoms with Crippen molar-refractivity contribution >= 4 is 17.3 Å². The molecule has 0 aliphatic carbocycles. The Balaban J connectivity index is 1.41. The van der Waals surface area contributed by atoms with Crippen molar-refractivity contribution in [2.45, 2.75) is 13.5 Å². The number of hydrogen-bond acceptors (Lipinski definition) is 8. The van der Waals surface area contributed by atoms with E-state index < -0.39 is 5.97 Å². The normalized spacial score (nSPS) is 11.0. The number of aryl methyl sites for hydroxylation is 2. The quantitative estimate of drug-likeness (QED) is 0.475. The van der Waals surface area contributed by atoms with Gasteiger partial charge in [0.2, 0.25) is 5.82 Å². The van der Waals surface area contributed by atoms with Crippen LogP contribution < -0.4 is 0 Å².